The number of halogens is 1. The largest absolute Gasteiger partial charge is 0.304 e. The van der Waals surface area contributed by atoms with Gasteiger partial charge in [-0.15, -0.1) is 0 Å². The number of rotatable bonds is 7. The average molecular weight is 354 g/mol. The number of hydrogen-bond acceptors (Lipinski definition) is 3. The van der Waals surface area contributed by atoms with Crippen LogP contribution in [-0.2, 0) is 13.1 Å². The molecule has 0 aromatic carbocycles. The molecule has 1 atom stereocenters. The van der Waals surface area contributed by atoms with Crippen molar-refractivity contribution < 1.29 is 0 Å². The summed E-state index contributed by atoms with van der Waals surface area (Å²) in [6.45, 7) is 11.1. The van der Waals surface area contributed by atoms with E-state index in [1.54, 1.807) is 0 Å². The van der Waals surface area contributed by atoms with Gasteiger partial charge in [0.05, 0.1) is 33.8 Å². The van der Waals surface area contributed by atoms with Gasteiger partial charge >= 0.3 is 0 Å². The van der Waals surface area contributed by atoms with Crippen molar-refractivity contribution in [2.45, 2.75) is 53.2 Å². The Labute approximate surface area is 134 Å². The second-order valence-corrected chi connectivity index (χ2v) is 5.97. The molecule has 6 heteroatoms. The van der Waals surface area contributed by atoms with E-state index >= 15 is 0 Å². The Morgan fingerprint density at radius 1 is 1.29 bits per heavy atom. The molecule has 2 aromatic rings. The van der Waals surface area contributed by atoms with E-state index in [2.05, 4.69) is 67.6 Å². The predicted octanol–water partition coefficient (Wildman–Crippen LogP) is 3.28. The maximum atomic E-state index is 4.58. The van der Waals surface area contributed by atoms with Crippen LogP contribution in [0.25, 0.3) is 0 Å². The van der Waals surface area contributed by atoms with E-state index in [0.717, 1.165) is 36.2 Å². The van der Waals surface area contributed by atoms with Crippen LogP contribution in [0.3, 0.4) is 0 Å². The lowest BCUT2D eigenvalue weighted by Gasteiger charge is -2.21. The van der Waals surface area contributed by atoms with Crippen LogP contribution < -0.4 is 5.32 Å². The molecule has 0 fully saturated rings. The molecule has 0 spiro atoms. The third kappa shape index (κ3) is 3.37. The molecule has 21 heavy (non-hydrogen) atoms. The second kappa shape index (κ2) is 7.22. The fourth-order valence-corrected chi connectivity index (χ4v) is 3.17. The summed E-state index contributed by atoms with van der Waals surface area (Å²) < 4.78 is 5.20. The number of nitrogens with zero attached hydrogens (tertiary/aromatic N) is 4. The summed E-state index contributed by atoms with van der Waals surface area (Å²) in [6, 6.07) is 2.26. The maximum Gasteiger partial charge on any atom is 0.0930 e. The van der Waals surface area contributed by atoms with Crippen LogP contribution in [0.2, 0.25) is 0 Å². The summed E-state index contributed by atoms with van der Waals surface area (Å²) in [6.07, 6.45) is 2.95. The monoisotopic (exact) mass is 353 g/mol. The van der Waals surface area contributed by atoms with Gasteiger partial charge in [-0.25, -0.2) is 0 Å². The summed E-state index contributed by atoms with van der Waals surface area (Å²) in [4.78, 5) is 0. The molecule has 0 aliphatic carbocycles. The van der Waals surface area contributed by atoms with Gasteiger partial charge in [0.15, 0.2) is 0 Å². The van der Waals surface area contributed by atoms with Crippen molar-refractivity contribution in [2.24, 2.45) is 0 Å². The maximum absolute atomic E-state index is 4.58. The molecule has 116 valence electrons. The van der Waals surface area contributed by atoms with Gasteiger partial charge in [-0.05, 0) is 48.8 Å². The molecule has 2 rings (SSSR count). The average Bonchev–Trinajstić information content (AvgIpc) is 3.00. The smallest absolute Gasteiger partial charge is 0.0930 e. The minimum atomic E-state index is 0.0968. The van der Waals surface area contributed by atoms with Crippen molar-refractivity contribution in [3.8, 4) is 0 Å². The van der Waals surface area contributed by atoms with Crippen molar-refractivity contribution in [3.63, 3.8) is 0 Å². The summed E-state index contributed by atoms with van der Waals surface area (Å²) in [5, 5.41) is 12.7. The Bertz CT molecular complexity index is 587. The van der Waals surface area contributed by atoms with E-state index in [1.807, 2.05) is 13.1 Å². The van der Waals surface area contributed by atoms with Gasteiger partial charge in [-0.1, -0.05) is 13.8 Å². The predicted molar refractivity (Wildman–Crippen MR) is 88.4 cm³/mol. The van der Waals surface area contributed by atoms with E-state index in [4.69, 9.17) is 0 Å². The highest BCUT2D eigenvalue weighted by atomic mass is 79.9. The van der Waals surface area contributed by atoms with Crippen molar-refractivity contribution in [1.82, 2.24) is 24.9 Å². The van der Waals surface area contributed by atoms with Crippen molar-refractivity contribution in [1.29, 1.82) is 0 Å². The Morgan fingerprint density at radius 2 is 2.05 bits per heavy atom. The molecule has 0 saturated heterocycles. The Hall–Kier alpha value is -1.14. The first-order valence-corrected chi connectivity index (χ1v) is 8.40. The standard InChI is InChI=1S/C15H24BrN5/c1-5-8-21-15(12(16)10-18-21)14(17-6-2)13-9-11(4)19-20(13)7-3/h9-10,14,17H,5-8H2,1-4H3. The zero-order chi connectivity index (χ0) is 15.4. The van der Waals surface area contributed by atoms with Crippen LogP contribution in [0.15, 0.2) is 16.7 Å². The molecule has 0 aliphatic rings. The first kappa shape index (κ1) is 16.2. The SMILES string of the molecule is CCCn1ncc(Br)c1C(NCC)c1cc(C)nn1CC. The van der Waals surface area contributed by atoms with Crippen molar-refractivity contribution in [2.75, 3.05) is 6.54 Å². The molecular weight excluding hydrogens is 330 g/mol. The van der Waals surface area contributed by atoms with E-state index in [-0.39, 0.29) is 6.04 Å². The Morgan fingerprint density at radius 3 is 2.67 bits per heavy atom. The lowest BCUT2D eigenvalue weighted by molar-refractivity contribution is 0.487. The fourth-order valence-electron chi connectivity index (χ4n) is 2.65. The number of nitrogens with one attached hydrogen (secondary N) is 1. The van der Waals surface area contributed by atoms with Gasteiger partial charge in [0.25, 0.3) is 0 Å². The fraction of sp³-hybridized carbons (Fsp3) is 0.600. The molecule has 0 aliphatic heterocycles. The van der Waals surface area contributed by atoms with Crippen LogP contribution >= 0.6 is 15.9 Å². The zero-order valence-electron chi connectivity index (χ0n) is 13.2. The minimum Gasteiger partial charge on any atom is -0.304 e. The van der Waals surface area contributed by atoms with E-state index in [0.29, 0.717) is 0 Å². The number of aryl methyl sites for hydroxylation is 3. The molecular formula is C15H24BrN5. The van der Waals surface area contributed by atoms with E-state index in [1.165, 1.54) is 11.4 Å². The van der Waals surface area contributed by atoms with Crippen LogP contribution in [0.1, 0.15) is 50.3 Å². The molecule has 2 aromatic heterocycles. The highest BCUT2D eigenvalue weighted by molar-refractivity contribution is 9.10. The molecule has 1 N–H and O–H groups in total. The molecule has 0 amide bonds. The summed E-state index contributed by atoms with van der Waals surface area (Å²) in [5.41, 5.74) is 3.41. The van der Waals surface area contributed by atoms with Crippen LogP contribution in [0, 0.1) is 6.92 Å². The van der Waals surface area contributed by atoms with Gasteiger partial charge < -0.3 is 5.32 Å². The first-order chi connectivity index (χ1) is 10.1. The van der Waals surface area contributed by atoms with Gasteiger partial charge in [0, 0.05) is 13.1 Å². The normalized spacial score (nSPS) is 12.8. The van der Waals surface area contributed by atoms with Crippen LogP contribution in [-0.4, -0.2) is 26.1 Å². The highest BCUT2D eigenvalue weighted by Gasteiger charge is 2.24. The van der Waals surface area contributed by atoms with Crippen LogP contribution in [0.5, 0.6) is 0 Å². The third-order valence-corrected chi connectivity index (χ3v) is 4.09. The van der Waals surface area contributed by atoms with Crippen molar-refractivity contribution >= 4 is 15.9 Å². The quantitative estimate of drug-likeness (QED) is 0.830. The van der Waals surface area contributed by atoms with E-state index < -0.39 is 0 Å². The minimum absolute atomic E-state index is 0.0968. The highest BCUT2D eigenvalue weighted by Crippen LogP contribution is 2.29. The van der Waals surface area contributed by atoms with Crippen LogP contribution in [0.4, 0.5) is 0 Å². The molecule has 5 nitrogen and oxygen atoms in total. The van der Waals surface area contributed by atoms with E-state index in [9.17, 15) is 0 Å². The molecule has 0 saturated carbocycles. The lowest BCUT2D eigenvalue weighted by atomic mass is 10.1. The zero-order valence-corrected chi connectivity index (χ0v) is 14.8. The molecule has 1 unspecified atom stereocenters. The van der Waals surface area contributed by atoms with Gasteiger partial charge in [-0.2, -0.15) is 10.2 Å². The summed E-state index contributed by atoms with van der Waals surface area (Å²) in [7, 11) is 0. The van der Waals surface area contributed by atoms with Gasteiger partial charge in [0.1, 0.15) is 0 Å². The van der Waals surface area contributed by atoms with Crippen molar-refractivity contribution in [3.05, 3.63) is 33.8 Å². The lowest BCUT2D eigenvalue weighted by Crippen LogP contribution is -2.27. The Balaban J connectivity index is 2.50. The Kier molecular flexibility index (Phi) is 5.58. The summed E-state index contributed by atoms with van der Waals surface area (Å²) >= 11 is 3.66. The summed E-state index contributed by atoms with van der Waals surface area (Å²) in [5.74, 6) is 0. The molecule has 2 heterocycles. The molecule has 0 bridgehead atoms. The first-order valence-electron chi connectivity index (χ1n) is 7.61. The molecule has 0 radical (unpaired) electrons. The second-order valence-electron chi connectivity index (χ2n) is 5.12. The number of hydrogen-bond donors (Lipinski definition) is 1. The number of aromatic nitrogens is 4. The van der Waals surface area contributed by atoms with Gasteiger partial charge in [0.2, 0.25) is 0 Å². The van der Waals surface area contributed by atoms with Gasteiger partial charge in [-0.3, -0.25) is 9.36 Å². The topological polar surface area (TPSA) is 47.7 Å². The third-order valence-electron chi connectivity index (χ3n) is 3.48.